The van der Waals surface area contributed by atoms with E-state index in [1.165, 1.54) is 26.4 Å². The number of carboxylic acids is 1. The maximum atomic E-state index is 11.4. The number of halogens is 2. The molecule has 0 aliphatic rings. The second-order valence-electron chi connectivity index (χ2n) is 5.41. The van der Waals surface area contributed by atoms with Crippen LogP contribution in [0.15, 0.2) is 36.4 Å². The van der Waals surface area contributed by atoms with Crippen LogP contribution in [0.2, 0.25) is 0 Å². The van der Waals surface area contributed by atoms with Crippen molar-refractivity contribution in [3.05, 3.63) is 59.2 Å². The first-order valence-corrected chi connectivity index (χ1v) is 10.7. The van der Waals surface area contributed by atoms with E-state index in [-0.39, 0.29) is 50.7 Å². The van der Waals surface area contributed by atoms with Crippen LogP contribution in [0, 0.1) is 13.0 Å². The molecule has 2 aromatic rings. The molecule has 0 atom stereocenters. The summed E-state index contributed by atoms with van der Waals surface area (Å²) in [5.74, 6) is -0.0157. The summed E-state index contributed by atoms with van der Waals surface area (Å²) in [7, 11) is 1.65. The van der Waals surface area contributed by atoms with Crippen LogP contribution in [-0.4, -0.2) is 31.4 Å². The summed E-state index contributed by atoms with van der Waals surface area (Å²) in [4.78, 5) is 24.1. The van der Waals surface area contributed by atoms with Crippen LogP contribution >= 0.6 is 45.2 Å². The largest absolute Gasteiger partial charge is 0.516 e. The van der Waals surface area contributed by atoms with E-state index in [1.807, 2.05) is 19.1 Å². The van der Waals surface area contributed by atoms with Gasteiger partial charge in [-0.3, -0.25) is 4.79 Å². The zero-order chi connectivity index (χ0) is 19.7. The SMILES string of the molecule is CC(=O)N(C)Cc1cc(C(=O)O)ccc1Oc1c[c-]c(C)cc1.ICI.[Y]. The molecule has 0 saturated carbocycles. The number of carbonyl (C=O) groups excluding carboxylic acids is 1. The molecule has 0 aliphatic carbocycles. The molecule has 8 heteroatoms. The van der Waals surface area contributed by atoms with Gasteiger partial charge in [-0.15, -0.1) is 12.1 Å². The Labute approximate surface area is 212 Å². The molecule has 0 spiro atoms. The second-order valence-corrected chi connectivity index (χ2v) is 9.86. The van der Waals surface area contributed by atoms with E-state index in [1.54, 1.807) is 19.2 Å². The van der Waals surface area contributed by atoms with Crippen LogP contribution in [0.1, 0.15) is 28.4 Å². The van der Waals surface area contributed by atoms with Gasteiger partial charge in [0, 0.05) is 64.5 Å². The van der Waals surface area contributed by atoms with Crippen molar-refractivity contribution in [1.29, 1.82) is 0 Å². The van der Waals surface area contributed by atoms with E-state index in [9.17, 15) is 9.59 Å². The number of aromatic carboxylic acids is 1. The maximum absolute atomic E-state index is 11.4. The Hall–Kier alpha value is -0.256. The van der Waals surface area contributed by atoms with Gasteiger partial charge >= 0.3 is 5.97 Å². The molecule has 1 radical (unpaired) electrons. The summed E-state index contributed by atoms with van der Waals surface area (Å²) in [6.45, 7) is 3.65. The number of benzene rings is 2. The van der Waals surface area contributed by atoms with E-state index in [0.717, 1.165) is 5.56 Å². The van der Waals surface area contributed by atoms with Crippen LogP contribution in [0.5, 0.6) is 11.5 Å². The first kappa shape index (κ1) is 26.7. The van der Waals surface area contributed by atoms with Crippen molar-refractivity contribution in [2.75, 3.05) is 9.48 Å². The zero-order valence-corrected chi connectivity index (χ0v) is 22.5. The Kier molecular flexibility index (Phi) is 13.7. The minimum absolute atomic E-state index is 0. The Morgan fingerprint density at radius 1 is 1.22 bits per heavy atom. The van der Waals surface area contributed by atoms with Gasteiger partial charge in [0.25, 0.3) is 0 Å². The van der Waals surface area contributed by atoms with Crippen LogP contribution in [0.3, 0.4) is 0 Å². The number of aryl methyl sites for hydroxylation is 1. The van der Waals surface area contributed by atoms with Gasteiger partial charge in [0.2, 0.25) is 5.91 Å². The van der Waals surface area contributed by atoms with Gasteiger partial charge in [0.1, 0.15) is 5.75 Å². The molecule has 2 rings (SSSR count). The molecule has 0 fully saturated rings. The summed E-state index contributed by atoms with van der Waals surface area (Å²) in [6, 6.07) is 13.1. The van der Waals surface area contributed by atoms with E-state index >= 15 is 0 Å². The molecule has 1 amide bonds. The van der Waals surface area contributed by atoms with Crippen LogP contribution in [0.4, 0.5) is 0 Å². The predicted octanol–water partition coefficient (Wildman–Crippen LogP) is 5.08. The Bertz CT molecular complexity index is 754. The monoisotopic (exact) mass is 669 g/mol. The fourth-order valence-electron chi connectivity index (χ4n) is 1.98. The Morgan fingerprint density at radius 2 is 1.85 bits per heavy atom. The fraction of sp³-hybridized carbons (Fsp3) is 0.263. The van der Waals surface area contributed by atoms with Gasteiger partial charge in [-0.05, 0) is 18.2 Å². The molecule has 1 N–H and O–H groups in total. The van der Waals surface area contributed by atoms with Gasteiger partial charge in [0.05, 0.1) is 8.00 Å². The molecule has 0 saturated heterocycles. The third kappa shape index (κ3) is 9.67. The molecule has 2 aromatic carbocycles. The number of carboxylic acid groups (broad SMARTS) is 1. The third-order valence-corrected chi connectivity index (χ3v) is 3.42. The summed E-state index contributed by atoms with van der Waals surface area (Å²) in [6.07, 6.45) is 0. The normalized spacial score (nSPS) is 9.37. The smallest absolute Gasteiger partial charge is 0.335 e. The number of hydrogen-bond acceptors (Lipinski definition) is 3. The summed E-state index contributed by atoms with van der Waals surface area (Å²) in [5.41, 5.74) is 1.78. The Balaban J connectivity index is 0.00000158. The molecule has 5 nitrogen and oxygen atoms in total. The third-order valence-electron chi connectivity index (χ3n) is 3.42. The quantitative estimate of drug-likeness (QED) is 0.275. The standard InChI is InChI=1S/C18H18NO4.CH2I2.Y/c1-12-4-7-16(8-5-12)23-17-9-6-14(18(21)22)10-15(17)11-19(3)13(2)20;2-1-3;/h4,6-10H,11H2,1-3H3,(H,21,22);1H2;/q-1;;. The number of carbonyl (C=O) groups is 2. The molecular weight excluding hydrogens is 649 g/mol. The number of rotatable bonds is 5. The van der Waals surface area contributed by atoms with Crippen molar-refractivity contribution in [2.24, 2.45) is 0 Å². The van der Waals surface area contributed by atoms with Gasteiger partial charge in [0.15, 0.2) is 0 Å². The molecule has 0 aromatic heterocycles. The van der Waals surface area contributed by atoms with E-state index in [0.29, 0.717) is 17.1 Å². The average molecular weight is 669 g/mol. The predicted molar refractivity (Wildman–Crippen MR) is 119 cm³/mol. The van der Waals surface area contributed by atoms with Gasteiger partial charge in [-0.2, -0.15) is 17.7 Å². The molecular formula is C19H20I2NO4Y-. The van der Waals surface area contributed by atoms with Crippen molar-refractivity contribution in [3.63, 3.8) is 0 Å². The number of ether oxygens (including phenoxy) is 1. The van der Waals surface area contributed by atoms with E-state index < -0.39 is 5.97 Å². The molecule has 143 valence electrons. The van der Waals surface area contributed by atoms with Gasteiger partial charge in [-0.1, -0.05) is 52.1 Å². The minimum atomic E-state index is -1.02. The topological polar surface area (TPSA) is 66.8 Å². The molecule has 0 bridgehead atoms. The van der Waals surface area contributed by atoms with E-state index in [4.69, 9.17) is 9.84 Å². The van der Waals surface area contributed by atoms with Gasteiger partial charge in [-0.25, -0.2) is 4.79 Å². The summed E-state index contributed by atoms with van der Waals surface area (Å²) >= 11 is 4.55. The van der Waals surface area contributed by atoms with Crippen molar-refractivity contribution < 1.29 is 52.1 Å². The number of amides is 1. The van der Waals surface area contributed by atoms with Gasteiger partial charge < -0.3 is 14.7 Å². The molecule has 0 heterocycles. The van der Waals surface area contributed by atoms with Crippen molar-refractivity contribution >= 4 is 57.1 Å². The number of alkyl halides is 2. The summed E-state index contributed by atoms with van der Waals surface area (Å²) < 4.78 is 7.01. The molecule has 0 unspecified atom stereocenters. The minimum Gasteiger partial charge on any atom is -0.516 e. The van der Waals surface area contributed by atoms with Crippen molar-refractivity contribution in [1.82, 2.24) is 4.90 Å². The number of nitrogens with zero attached hydrogens (tertiary/aromatic N) is 1. The Morgan fingerprint density at radius 3 is 2.33 bits per heavy atom. The van der Waals surface area contributed by atoms with E-state index in [2.05, 4.69) is 51.2 Å². The zero-order valence-electron chi connectivity index (χ0n) is 15.3. The van der Waals surface area contributed by atoms with Crippen LogP contribution in [0.25, 0.3) is 0 Å². The van der Waals surface area contributed by atoms with Crippen molar-refractivity contribution in [3.8, 4) is 11.5 Å². The first-order valence-electron chi connectivity index (χ1n) is 7.64. The van der Waals surface area contributed by atoms with Crippen LogP contribution in [-0.2, 0) is 44.0 Å². The molecule has 27 heavy (non-hydrogen) atoms. The number of hydrogen-bond donors (Lipinski definition) is 1. The fourth-order valence-corrected chi connectivity index (χ4v) is 1.98. The summed E-state index contributed by atoms with van der Waals surface area (Å²) in [5, 5.41) is 9.14. The maximum Gasteiger partial charge on any atom is 0.335 e. The van der Waals surface area contributed by atoms with Crippen molar-refractivity contribution in [2.45, 2.75) is 20.4 Å². The molecule has 0 aliphatic heterocycles. The van der Waals surface area contributed by atoms with Crippen LogP contribution < -0.4 is 4.74 Å². The first-order chi connectivity index (χ1) is 12.3. The average Bonchev–Trinajstić information content (AvgIpc) is 2.58. The second kappa shape index (κ2) is 13.8.